The molecule has 0 aliphatic rings. The number of alkyl halides is 2. The van der Waals surface area contributed by atoms with E-state index in [9.17, 15) is 13.6 Å². The average molecular weight is 278 g/mol. The molecule has 0 aliphatic carbocycles. The van der Waals surface area contributed by atoms with Crippen molar-refractivity contribution in [2.75, 3.05) is 0 Å². The third-order valence-electron chi connectivity index (χ3n) is 2.88. The van der Waals surface area contributed by atoms with E-state index in [1.165, 1.54) is 24.3 Å². The van der Waals surface area contributed by atoms with Gasteiger partial charge in [-0.25, -0.2) is 0 Å². The van der Waals surface area contributed by atoms with E-state index in [0.717, 1.165) is 5.69 Å². The number of aryl methyl sites for hydroxylation is 1. The number of halogens is 2. The van der Waals surface area contributed by atoms with Gasteiger partial charge in [0.1, 0.15) is 5.75 Å². The van der Waals surface area contributed by atoms with Crippen LogP contribution in [-0.4, -0.2) is 12.4 Å². The molecule has 3 nitrogen and oxygen atoms in total. The molecule has 0 N–H and O–H groups in total. The van der Waals surface area contributed by atoms with Crippen molar-refractivity contribution < 1.29 is 22.9 Å². The molecule has 2 aromatic rings. The molecule has 1 aromatic carbocycles. The van der Waals surface area contributed by atoms with Crippen LogP contribution in [0.25, 0.3) is 0 Å². The largest absolute Gasteiger partial charge is 0.435 e. The number of nitrogens with zero attached hydrogens (tertiary/aromatic N) is 1. The molecule has 1 heterocycles. The van der Waals surface area contributed by atoms with Crippen LogP contribution in [0, 0.1) is 6.92 Å². The van der Waals surface area contributed by atoms with Crippen LogP contribution in [0.3, 0.4) is 0 Å². The number of pyridine rings is 1. The molecule has 0 spiro atoms. The fourth-order valence-corrected chi connectivity index (χ4v) is 1.81. The Kier molecular flexibility index (Phi) is 4.40. The minimum Gasteiger partial charge on any atom is -0.435 e. The molecular weight excluding hydrogens is 264 g/mol. The maximum atomic E-state index is 12.1. The Hall–Kier alpha value is -2.30. The highest BCUT2D eigenvalue weighted by atomic mass is 19.3. The van der Waals surface area contributed by atoms with Gasteiger partial charge >= 0.3 is 6.61 Å². The van der Waals surface area contributed by atoms with Crippen molar-refractivity contribution >= 4 is 5.78 Å². The molecular formula is C15H14F2NO2+. The van der Waals surface area contributed by atoms with E-state index in [1.54, 1.807) is 0 Å². The fraction of sp³-hybridized carbons (Fsp3) is 0.200. The molecule has 2 rings (SSSR count). The van der Waals surface area contributed by atoms with Crippen molar-refractivity contribution in [3.8, 4) is 5.75 Å². The van der Waals surface area contributed by atoms with Crippen LogP contribution in [0.2, 0.25) is 0 Å². The predicted octanol–water partition coefficient (Wildman–Crippen LogP) is 2.77. The van der Waals surface area contributed by atoms with Gasteiger partial charge in [-0.2, -0.15) is 13.3 Å². The summed E-state index contributed by atoms with van der Waals surface area (Å²) in [7, 11) is 0. The van der Waals surface area contributed by atoms with Crippen LogP contribution in [0.15, 0.2) is 48.7 Å². The van der Waals surface area contributed by atoms with Crippen molar-refractivity contribution in [1.29, 1.82) is 0 Å². The highest BCUT2D eigenvalue weighted by molar-refractivity contribution is 5.95. The minimum atomic E-state index is -2.86. The van der Waals surface area contributed by atoms with Gasteiger partial charge < -0.3 is 4.74 Å². The van der Waals surface area contributed by atoms with Gasteiger partial charge in [0.05, 0.1) is 0 Å². The van der Waals surface area contributed by atoms with Crippen LogP contribution >= 0.6 is 0 Å². The Bertz CT molecular complexity index is 597. The monoisotopic (exact) mass is 278 g/mol. The Labute approximate surface area is 115 Å². The van der Waals surface area contributed by atoms with Crippen LogP contribution < -0.4 is 9.30 Å². The van der Waals surface area contributed by atoms with Crippen molar-refractivity contribution in [2.24, 2.45) is 0 Å². The Morgan fingerprint density at radius 1 is 1.20 bits per heavy atom. The molecule has 0 fully saturated rings. The standard InChI is InChI=1S/C15H14F2NO2/c1-11-4-2-3-9-18(11)10-14(19)12-5-7-13(8-6-12)20-15(16)17/h2-9,15H,10H2,1H3/q+1. The number of hydrogen-bond donors (Lipinski definition) is 0. The normalized spacial score (nSPS) is 10.6. The topological polar surface area (TPSA) is 30.2 Å². The zero-order chi connectivity index (χ0) is 14.5. The summed E-state index contributed by atoms with van der Waals surface area (Å²) in [6, 6.07) is 11.3. The first-order valence-corrected chi connectivity index (χ1v) is 6.09. The molecule has 0 amide bonds. The first kappa shape index (κ1) is 14.1. The molecule has 1 aromatic heterocycles. The Morgan fingerprint density at radius 3 is 2.50 bits per heavy atom. The molecule has 104 valence electrons. The lowest BCUT2D eigenvalue weighted by Crippen LogP contribution is -2.40. The van der Waals surface area contributed by atoms with Crippen LogP contribution in [-0.2, 0) is 6.54 Å². The molecule has 5 heteroatoms. The third kappa shape index (κ3) is 3.60. The van der Waals surface area contributed by atoms with Gasteiger partial charge in [0.2, 0.25) is 12.3 Å². The lowest BCUT2D eigenvalue weighted by molar-refractivity contribution is -0.689. The van der Waals surface area contributed by atoms with Crippen LogP contribution in [0.1, 0.15) is 16.1 Å². The van der Waals surface area contributed by atoms with E-state index in [4.69, 9.17) is 0 Å². The molecule has 0 bridgehead atoms. The number of hydrogen-bond acceptors (Lipinski definition) is 2. The van der Waals surface area contributed by atoms with E-state index in [-0.39, 0.29) is 18.1 Å². The quantitative estimate of drug-likeness (QED) is 0.622. The number of ketones is 1. The molecule has 0 radical (unpaired) electrons. The summed E-state index contributed by atoms with van der Waals surface area (Å²) in [5.74, 6) is -0.0482. The third-order valence-corrected chi connectivity index (χ3v) is 2.88. The smallest absolute Gasteiger partial charge is 0.387 e. The lowest BCUT2D eigenvalue weighted by atomic mass is 10.1. The SMILES string of the molecule is Cc1cccc[n+]1CC(=O)c1ccc(OC(F)F)cc1. The predicted molar refractivity (Wildman–Crippen MR) is 68.8 cm³/mol. The molecule has 20 heavy (non-hydrogen) atoms. The number of Topliss-reactive ketones (excluding diaryl/α,β-unsaturated/α-hetero) is 1. The van der Waals surface area contributed by atoms with E-state index >= 15 is 0 Å². The van der Waals surface area contributed by atoms with E-state index < -0.39 is 6.61 Å². The van der Waals surface area contributed by atoms with Gasteiger partial charge in [0, 0.05) is 24.6 Å². The van der Waals surface area contributed by atoms with E-state index in [0.29, 0.717) is 5.56 Å². The Balaban J connectivity index is 2.08. The van der Waals surface area contributed by atoms with E-state index in [1.807, 2.05) is 35.9 Å². The number of carbonyl (C=O) groups excluding carboxylic acids is 1. The lowest BCUT2D eigenvalue weighted by Gasteiger charge is -2.05. The summed E-state index contributed by atoms with van der Waals surface area (Å²) < 4.78 is 30.1. The molecule has 0 atom stereocenters. The highest BCUT2D eigenvalue weighted by Gasteiger charge is 2.14. The van der Waals surface area contributed by atoms with Gasteiger partial charge in [0.25, 0.3) is 0 Å². The maximum absolute atomic E-state index is 12.1. The number of carbonyl (C=O) groups is 1. The van der Waals surface area contributed by atoms with Crippen molar-refractivity contribution in [2.45, 2.75) is 20.1 Å². The van der Waals surface area contributed by atoms with Gasteiger partial charge in [-0.3, -0.25) is 4.79 Å². The van der Waals surface area contributed by atoms with Gasteiger partial charge in [0.15, 0.2) is 11.9 Å². The highest BCUT2D eigenvalue weighted by Crippen LogP contribution is 2.15. The zero-order valence-electron chi connectivity index (χ0n) is 10.9. The van der Waals surface area contributed by atoms with Crippen molar-refractivity contribution in [3.63, 3.8) is 0 Å². The van der Waals surface area contributed by atoms with Crippen LogP contribution in [0.5, 0.6) is 5.75 Å². The van der Waals surface area contributed by atoms with Crippen LogP contribution in [0.4, 0.5) is 8.78 Å². The molecule has 0 saturated carbocycles. The second kappa shape index (κ2) is 6.23. The maximum Gasteiger partial charge on any atom is 0.387 e. The summed E-state index contributed by atoms with van der Waals surface area (Å²) in [6.07, 6.45) is 1.82. The fourth-order valence-electron chi connectivity index (χ4n) is 1.81. The molecule has 0 unspecified atom stereocenters. The average Bonchev–Trinajstić information content (AvgIpc) is 2.41. The summed E-state index contributed by atoms with van der Waals surface area (Å²) in [5, 5.41) is 0. The summed E-state index contributed by atoms with van der Waals surface area (Å²) in [6.45, 7) is -0.742. The van der Waals surface area contributed by atoms with Gasteiger partial charge in [-0.15, -0.1) is 0 Å². The summed E-state index contributed by atoms with van der Waals surface area (Å²) >= 11 is 0. The summed E-state index contributed by atoms with van der Waals surface area (Å²) in [4.78, 5) is 12.1. The number of ether oxygens (including phenoxy) is 1. The molecule has 0 saturated heterocycles. The van der Waals surface area contributed by atoms with Crippen molar-refractivity contribution in [1.82, 2.24) is 0 Å². The van der Waals surface area contributed by atoms with E-state index in [2.05, 4.69) is 4.74 Å². The molecule has 0 aliphatic heterocycles. The second-order valence-corrected chi connectivity index (χ2v) is 4.30. The van der Waals surface area contributed by atoms with Gasteiger partial charge in [-0.1, -0.05) is 6.07 Å². The first-order valence-electron chi connectivity index (χ1n) is 6.09. The summed E-state index contributed by atoms with van der Waals surface area (Å²) in [5.41, 5.74) is 1.43. The number of aromatic nitrogens is 1. The first-order chi connectivity index (χ1) is 9.56. The minimum absolute atomic E-state index is 0.0418. The second-order valence-electron chi connectivity index (χ2n) is 4.30. The van der Waals surface area contributed by atoms with Gasteiger partial charge in [-0.05, 0) is 24.3 Å². The Morgan fingerprint density at radius 2 is 1.90 bits per heavy atom. The van der Waals surface area contributed by atoms with Crippen molar-refractivity contribution in [3.05, 3.63) is 59.9 Å². The number of rotatable bonds is 5. The number of benzene rings is 1. The zero-order valence-corrected chi connectivity index (χ0v) is 10.9.